The Morgan fingerprint density at radius 2 is 1.83 bits per heavy atom. The van der Waals surface area contributed by atoms with E-state index in [1.165, 1.54) is 11.1 Å². The summed E-state index contributed by atoms with van der Waals surface area (Å²) >= 11 is 0. The normalized spacial score (nSPS) is 15.0. The molecular weight excluding hydrogens is 376 g/mol. The second kappa shape index (κ2) is 11.6. The molecular formula is C25H34N2O3. The summed E-state index contributed by atoms with van der Waals surface area (Å²) in [7, 11) is 1.66. The first kappa shape index (κ1) is 22.2. The molecule has 0 atom stereocenters. The van der Waals surface area contributed by atoms with Gasteiger partial charge in [0.25, 0.3) is 0 Å². The first-order valence-electron chi connectivity index (χ1n) is 11.0. The molecule has 0 bridgehead atoms. The molecule has 2 aromatic rings. The summed E-state index contributed by atoms with van der Waals surface area (Å²) in [4.78, 5) is 15.0. The van der Waals surface area contributed by atoms with Crippen LogP contribution in [0.5, 0.6) is 11.5 Å². The van der Waals surface area contributed by atoms with Gasteiger partial charge >= 0.3 is 0 Å². The predicted octanol–water partition coefficient (Wildman–Crippen LogP) is 4.05. The van der Waals surface area contributed by atoms with Gasteiger partial charge in [-0.2, -0.15) is 0 Å². The van der Waals surface area contributed by atoms with E-state index in [2.05, 4.69) is 40.5 Å². The zero-order valence-electron chi connectivity index (χ0n) is 18.2. The first-order chi connectivity index (χ1) is 14.7. The van der Waals surface area contributed by atoms with Gasteiger partial charge in [0.2, 0.25) is 5.91 Å². The fourth-order valence-electron chi connectivity index (χ4n) is 3.99. The first-order valence-corrected chi connectivity index (χ1v) is 11.0. The number of nitrogens with one attached hydrogen (secondary N) is 1. The molecule has 5 heteroatoms. The second-order valence-corrected chi connectivity index (χ2v) is 7.85. The lowest BCUT2D eigenvalue weighted by Gasteiger charge is -2.31. The minimum absolute atomic E-state index is 0.141. The molecule has 0 spiro atoms. The van der Waals surface area contributed by atoms with Crippen LogP contribution >= 0.6 is 0 Å². The molecule has 1 heterocycles. The van der Waals surface area contributed by atoms with Crippen molar-refractivity contribution in [1.82, 2.24) is 10.2 Å². The lowest BCUT2D eigenvalue weighted by molar-refractivity contribution is -0.126. The van der Waals surface area contributed by atoms with Crippen LogP contribution in [0.4, 0.5) is 0 Å². The number of aryl methyl sites for hydroxylation is 1. The smallest absolute Gasteiger partial charge is 0.223 e. The quantitative estimate of drug-likeness (QED) is 0.600. The van der Waals surface area contributed by atoms with E-state index in [1.54, 1.807) is 7.11 Å². The molecule has 0 aliphatic carbocycles. The molecule has 1 fully saturated rings. The van der Waals surface area contributed by atoms with Crippen LogP contribution in [0.15, 0.2) is 48.5 Å². The number of hydrogen-bond acceptors (Lipinski definition) is 4. The van der Waals surface area contributed by atoms with Gasteiger partial charge in [-0.05, 0) is 69.0 Å². The molecule has 0 radical (unpaired) electrons. The Bertz CT molecular complexity index is 786. The number of hydrogen-bond donors (Lipinski definition) is 1. The van der Waals surface area contributed by atoms with Crippen molar-refractivity contribution in [2.24, 2.45) is 5.92 Å². The Kier molecular flexibility index (Phi) is 8.57. The number of rotatable bonds is 10. The summed E-state index contributed by atoms with van der Waals surface area (Å²) in [5.74, 6) is 1.89. The Balaban J connectivity index is 1.35. The van der Waals surface area contributed by atoms with Crippen molar-refractivity contribution >= 4 is 5.91 Å². The Morgan fingerprint density at radius 1 is 1.07 bits per heavy atom. The van der Waals surface area contributed by atoms with E-state index < -0.39 is 0 Å². The van der Waals surface area contributed by atoms with Crippen LogP contribution in [0.3, 0.4) is 0 Å². The Morgan fingerprint density at radius 3 is 2.53 bits per heavy atom. The number of carbonyl (C=O) groups is 1. The van der Waals surface area contributed by atoms with Crippen LogP contribution < -0.4 is 14.8 Å². The third kappa shape index (κ3) is 6.49. The van der Waals surface area contributed by atoms with E-state index >= 15 is 0 Å². The molecule has 0 unspecified atom stereocenters. The molecule has 1 aliphatic rings. The standard InChI is InChI=1S/C25H34N2O3/c1-3-30-23-12-11-20(18-24(23)29-2)10-7-15-26-25(28)22-13-16-27(17-14-22)19-21-8-5-4-6-9-21/h4-6,8-9,11-12,18,22H,3,7,10,13-17,19H2,1-2H3,(H,26,28). The number of amides is 1. The van der Waals surface area contributed by atoms with Crippen LogP contribution in [-0.2, 0) is 17.8 Å². The molecule has 0 saturated carbocycles. The fourth-order valence-corrected chi connectivity index (χ4v) is 3.99. The van der Waals surface area contributed by atoms with Crippen molar-refractivity contribution in [2.75, 3.05) is 33.4 Å². The average molecular weight is 411 g/mol. The molecule has 2 aromatic carbocycles. The van der Waals surface area contributed by atoms with Crippen molar-refractivity contribution in [3.8, 4) is 11.5 Å². The fraction of sp³-hybridized carbons (Fsp3) is 0.480. The number of methoxy groups -OCH3 is 1. The van der Waals surface area contributed by atoms with Crippen molar-refractivity contribution < 1.29 is 14.3 Å². The maximum absolute atomic E-state index is 12.5. The highest BCUT2D eigenvalue weighted by Gasteiger charge is 2.24. The van der Waals surface area contributed by atoms with Crippen molar-refractivity contribution in [1.29, 1.82) is 0 Å². The van der Waals surface area contributed by atoms with E-state index in [0.717, 1.165) is 56.8 Å². The van der Waals surface area contributed by atoms with Gasteiger partial charge in [-0.15, -0.1) is 0 Å². The van der Waals surface area contributed by atoms with Crippen LogP contribution in [0.1, 0.15) is 37.3 Å². The van der Waals surface area contributed by atoms with Crippen molar-refractivity contribution in [3.05, 3.63) is 59.7 Å². The SMILES string of the molecule is CCOc1ccc(CCCNC(=O)C2CCN(Cc3ccccc3)CC2)cc1OC. The Hall–Kier alpha value is -2.53. The number of nitrogens with zero attached hydrogens (tertiary/aromatic N) is 1. The molecule has 1 N–H and O–H groups in total. The van der Waals surface area contributed by atoms with Crippen LogP contribution in [0, 0.1) is 5.92 Å². The van der Waals surface area contributed by atoms with E-state index in [9.17, 15) is 4.79 Å². The number of ether oxygens (including phenoxy) is 2. The summed E-state index contributed by atoms with van der Waals surface area (Å²) in [6, 6.07) is 16.6. The summed E-state index contributed by atoms with van der Waals surface area (Å²) in [5, 5.41) is 3.13. The van der Waals surface area contributed by atoms with Gasteiger partial charge in [0.05, 0.1) is 13.7 Å². The van der Waals surface area contributed by atoms with Gasteiger partial charge in [-0.1, -0.05) is 36.4 Å². The lowest BCUT2D eigenvalue weighted by Crippen LogP contribution is -2.40. The zero-order chi connectivity index (χ0) is 21.2. The molecule has 1 amide bonds. The Labute approximate surface area is 180 Å². The number of benzene rings is 2. The van der Waals surface area contributed by atoms with Gasteiger partial charge < -0.3 is 14.8 Å². The van der Waals surface area contributed by atoms with Gasteiger partial charge in [0.15, 0.2) is 11.5 Å². The van der Waals surface area contributed by atoms with Crippen LogP contribution in [0.25, 0.3) is 0 Å². The van der Waals surface area contributed by atoms with Crippen molar-refractivity contribution in [3.63, 3.8) is 0 Å². The molecule has 1 aliphatic heterocycles. The maximum atomic E-state index is 12.5. The van der Waals surface area contributed by atoms with E-state index in [4.69, 9.17) is 9.47 Å². The summed E-state index contributed by atoms with van der Waals surface area (Å²) < 4.78 is 11.0. The number of carbonyl (C=O) groups excluding carboxylic acids is 1. The molecule has 1 saturated heterocycles. The van der Waals surface area contributed by atoms with Crippen LogP contribution in [0.2, 0.25) is 0 Å². The van der Waals surface area contributed by atoms with E-state index in [-0.39, 0.29) is 11.8 Å². The third-order valence-electron chi connectivity index (χ3n) is 5.68. The van der Waals surface area contributed by atoms with Crippen LogP contribution in [-0.4, -0.2) is 44.2 Å². The highest BCUT2D eigenvalue weighted by atomic mass is 16.5. The lowest BCUT2D eigenvalue weighted by atomic mass is 9.95. The summed E-state index contributed by atoms with van der Waals surface area (Å²) in [6.45, 7) is 6.23. The molecule has 0 aromatic heterocycles. The molecule has 30 heavy (non-hydrogen) atoms. The molecule has 5 nitrogen and oxygen atoms in total. The molecule has 3 rings (SSSR count). The third-order valence-corrected chi connectivity index (χ3v) is 5.68. The van der Waals surface area contributed by atoms with E-state index in [0.29, 0.717) is 13.2 Å². The highest BCUT2D eigenvalue weighted by molar-refractivity contribution is 5.78. The second-order valence-electron chi connectivity index (χ2n) is 7.85. The number of likely N-dealkylation sites (tertiary alicyclic amines) is 1. The molecule has 162 valence electrons. The monoisotopic (exact) mass is 410 g/mol. The summed E-state index contributed by atoms with van der Waals surface area (Å²) in [6.07, 6.45) is 3.69. The number of piperidine rings is 1. The maximum Gasteiger partial charge on any atom is 0.223 e. The van der Waals surface area contributed by atoms with E-state index in [1.807, 2.05) is 25.1 Å². The average Bonchev–Trinajstić information content (AvgIpc) is 2.78. The minimum Gasteiger partial charge on any atom is -0.493 e. The largest absolute Gasteiger partial charge is 0.493 e. The van der Waals surface area contributed by atoms with Gasteiger partial charge in [-0.3, -0.25) is 9.69 Å². The van der Waals surface area contributed by atoms with Gasteiger partial charge in [-0.25, -0.2) is 0 Å². The van der Waals surface area contributed by atoms with Gasteiger partial charge in [0, 0.05) is 19.0 Å². The topological polar surface area (TPSA) is 50.8 Å². The zero-order valence-corrected chi connectivity index (χ0v) is 18.2. The highest BCUT2D eigenvalue weighted by Crippen LogP contribution is 2.28. The predicted molar refractivity (Wildman–Crippen MR) is 120 cm³/mol. The summed E-state index contributed by atoms with van der Waals surface area (Å²) in [5.41, 5.74) is 2.53. The van der Waals surface area contributed by atoms with Crippen molar-refractivity contribution in [2.45, 2.75) is 39.2 Å². The van der Waals surface area contributed by atoms with Gasteiger partial charge in [0.1, 0.15) is 0 Å². The minimum atomic E-state index is 0.141.